The molecule has 0 saturated carbocycles. The van der Waals surface area contributed by atoms with Crippen molar-refractivity contribution in [3.05, 3.63) is 29.8 Å². The highest BCUT2D eigenvalue weighted by molar-refractivity contribution is 5.94. The molecule has 1 amide bonds. The summed E-state index contributed by atoms with van der Waals surface area (Å²) in [4.78, 5) is 17.1. The van der Waals surface area contributed by atoms with Gasteiger partial charge in [-0.1, -0.05) is 0 Å². The molecule has 0 N–H and O–H groups in total. The Labute approximate surface area is 88.9 Å². The maximum absolute atomic E-state index is 13.3. The standard InChI is InChI=1S/C11H15FN2O/c1-4-14(8(2)3)11(15)9-5-6-13-7-10(9)12/h5-8H,4H2,1-3H3. The van der Waals surface area contributed by atoms with Crippen molar-refractivity contribution in [2.75, 3.05) is 6.54 Å². The Balaban J connectivity index is 2.98. The van der Waals surface area contributed by atoms with E-state index in [4.69, 9.17) is 0 Å². The van der Waals surface area contributed by atoms with Crippen molar-refractivity contribution >= 4 is 5.91 Å². The molecule has 1 aromatic rings. The van der Waals surface area contributed by atoms with Gasteiger partial charge in [0, 0.05) is 18.8 Å². The van der Waals surface area contributed by atoms with Crippen molar-refractivity contribution in [2.24, 2.45) is 0 Å². The second-order valence-corrected chi connectivity index (χ2v) is 3.54. The van der Waals surface area contributed by atoms with Crippen LogP contribution in [-0.4, -0.2) is 28.4 Å². The minimum atomic E-state index is -0.568. The van der Waals surface area contributed by atoms with Crippen molar-refractivity contribution in [3.8, 4) is 0 Å². The lowest BCUT2D eigenvalue weighted by Gasteiger charge is -2.25. The van der Waals surface area contributed by atoms with Crippen molar-refractivity contribution in [3.63, 3.8) is 0 Å². The zero-order chi connectivity index (χ0) is 11.4. The molecule has 3 nitrogen and oxygen atoms in total. The van der Waals surface area contributed by atoms with Crippen LogP contribution in [0, 0.1) is 5.82 Å². The van der Waals surface area contributed by atoms with Crippen molar-refractivity contribution < 1.29 is 9.18 Å². The topological polar surface area (TPSA) is 33.2 Å². The number of hydrogen-bond donors (Lipinski definition) is 0. The predicted octanol–water partition coefficient (Wildman–Crippen LogP) is 2.09. The first-order valence-electron chi connectivity index (χ1n) is 4.98. The number of aromatic nitrogens is 1. The van der Waals surface area contributed by atoms with E-state index in [0.29, 0.717) is 6.54 Å². The molecule has 0 aliphatic rings. The number of pyridine rings is 1. The fraction of sp³-hybridized carbons (Fsp3) is 0.455. The van der Waals surface area contributed by atoms with Gasteiger partial charge in [0.2, 0.25) is 0 Å². The first kappa shape index (κ1) is 11.6. The van der Waals surface area contributed by atoms with Gasteiger partial charge < -0.3 is 4.90 Å². The summed E-state index contributed by atoms with van der Waals surface area (Å²) in [5, 5.41) is 0. The van der Waals surface area contributed by atoms with Gasteiger partial charge in [0.05, 0.1) is 11.8 Å². The molecule has 0 aliphatic carbocycles. The summed E-state index contributed by atoms with van der Waals surface area (Å²) >= 11 is 0. The van der Waals surface area contributed by atoms with E-state index in [-0.39, 0.29) is 17.5 Å². The summed E-state index contributed by atoms with van der Waals surface area (Å²) < 4.78 is 13.3. The molecule has 1 rings (SSSR count). The molecule has 0 aliphatic heterocycles. The van der Waals surface area contributed by atoms with E-state index < -0.39 is 5.82 Å². The molecule has 82 valence electrons. The molecule has 0 radical (unpaired) electrons. The summed E-state index contributed by atoms with van der Waals surface area (Å²) in [6.45, 7) is 6.25. The fourth-order valence-corrected chi connectivity index (χ4v) is 1.45. The second-order valence-electron chi connectivity index (χ2n) is 3.54. The fourth-order valence-electron chi connectivity index (χ4n) is 1.45. The van der Waals surface area contributed by atoms with Crippen LogP contribution in [0.5, 0.6) is 0 Å². The number of rotatable bonds is 3. The van der Waals surface area contributed by atoms with E-state index in [1.54, 1.807) is 4.90 Å². The number of carbonyl (C=O) groups is 1. The van der Waals surface area contributed by atoms with Gasteiger partial charge in [-0.3, -0.25) is 9.78 Å². The van der Waals surface area contributed by atoms with Crippen LogP contribution in [0.1, 0.15) is 31.1 Å². The predicted molar refractivity (Wildman–Crippen MR) is 56.0 cm³/mol. The quantitative estimate of drug-likeness (QED) is 0.765. The third kappa shape index (κ3) is 2.52. The van der Waals surface area contributed by atoms with Crippen molar-refractivity contribution in [2.45, 2.75) is 26.8 Å². The van der Waals surface area contributed by atoms with Crippen molar-refractivity contribution in [1.29, 1.82) is 0 Å². The highest BCUT2D eigenvalue weighted by Gasteiger charge is 2.19. The molecule has 0 saturated heterocycles. The van der Waals surface area contributed by atoms with Gasteiger partial charge in [-0.15, -0.1) is 0 Å². The number of halogens is 1. The number of amides is 1. The summed E-state index contributed by atoms with van der Waals surface area (Å²) in [6, 6.07) is 1.47. The Kier molecular flexibility index (Phi) is 3.77. The molecular formula is C11H15FN2O. The monoisotopic (exact) mass is 210 g/mol. The maximum Gasteiger partial charge on any atom is 0.257 e. The molecule has 4 heteroatoms. The van der Waals surface area contributed by atoms with Crippen molar-refractivity contribution in [1.82, 2.24) is 9.88 Å². The highest BCUT2D eigenvalue weighted by atomic mass is 19.1. The molecule has 0 fully saturated rings. The Morgan fingerprint density at radius 2 is 2.27 bits per heavy atom. The molecular weight excluding hydrogens is 195 g/mol. The third-order valence-corrected chi connectivity index (χ3v) is 2.23. The van der Waals surface area contributed by atoms with Gasteiger partial charge in [-0.2, -0.15) is 0 Å². The first-order chi connectivity index (χ1) is 7.07. The van der Waals surface area contributed by atoms with Gasteiger partial charge in [0.1, 0.15) is 0 Å². The molecule has 0 spiro atoms. The van der Waals surface area contributed by atoms with Crippen LogP contribution in [0.2, 0.25) is 0 Å². The summed E-state index contributed by atoms with van der Waals surface area (Å²) in [6.07, 6.45) is 2.48. The minimum Gasteiger partial charge on any atom is -0.336 e. The molecule has 1 heterocycles. The molecule has 1 aromatic heterocycles. The second kappa shape index (κ2) is 4.87. The van der Waals surface area contributed by atoms with Gasteiger partial charge in [-0.25, -0.2) is 4.39 Å². The lowest BCUT2D eigenvalue weighted by atomic mass is 10.2. The van der Waals surface area contributed by atoms with Gasteiger partial charge >= 0.3 is 0 Å². The maximum atomic E-state index is 13.3. The third-order valence-electron chi connectivity index (χ3n) is 2.23. The minimum absolute atomic E-state index is 0.0649. The average Bonchev–Trinajstić information content (AvgIpc) is 2.18. The van der Waals surface area contributed by atoms with Crippen LogP contribution in [0.3, 0.4) is 0 Å². The largest absolute Gasteiger partial charge is 0.336 e. The van der Waals surface area contributed by atoms with Crippen LogP contribution in [0.25, 0.3) is 0 Å². The van der Waals surface area contributed by atoms with E-state index >= 15 is 0 Å². The van der Waals surface area contributed by atoms with E-state index in [1.165, 1.54) is 12.3 Å². The van der Waals surface area contributed by atoms with Crippen LogP contribution >= 0.6 is 0 Å². The van der Waals surface area contributed by atoms with Crippen LogP contribution in [0.4, 0.5) is 4.39 Å². The van der Waals surface area contributed by atoms with E-state index in [2.05, 4.69) is 4.98 Å². The highest BCUT2D eigenvalue weighted by Crippen LogP contribution is 2.10. The Morgan fingerprint density at radius 1 is 1.60 bits per heavy atom. The van der Waals surface area contributed by atoms with Gasteiger partial charge in [0.15, 0.2) is 5.82 Å². The van der Waals surface area contributed by atoms with Gasteiger partial charge in [-0.05, 0) is 26.8 Å². The Morgan fingerprint density at radius 3 is 2.73 bits per heavy atom. The molecule has 0 bridgehead atoms. The van der Waals surface area contributed by atoms with Crippen LogP contribution in [-0.2, 0) is 0 Å². The van der Waals surface area contributed by atoms with E-state index in [0.717, 1.165) is 6.20 Å². The lowest BCUT2D eigenvalue weighted by molar-refractivity contribution is 0.0712. The molecule has 0 aromatic carbocycles. The zero-order valence-electron chi connectivity index (χ0n) is 9.20. The number of carbonyl (C=O) groups excluding carboxylic acids is 1. The van der Waals surface area contributed by atoms with Crippen LogP contribution < -0.4 is 0 Å². The summed E-state index contributed by atoms with van der Waals surface area (Å²) in [5.41, 5.74) is 0.0838. The molecule has 0 atom stereocenters. The number of hydrogen-bond acceptors (Lipinski definition) is 2. The van der Waals surface area contributed by atoms with Gasteiger partial charge in [0.25, 0.3) is 5.91 Å². The normalized spacial score (nSPS) is 10.5. The van der Waals surface area contributed by atoms with E-state index in [1.807, 2.05) is 20.8 Å². The molecule has 15 heavy (non-hydrogen) atoms. The SMILES string of the molecule is CCN(C(=O)c1ccncc1F)C(C)C. The summed E-state index contributed by atoms with van der Waals surface area (Å²) in [7, 11) is 0. The summed E-state index contributed by atoms with van der Waals surface area (Å²) in [5.74, 6) is -0.853. The van der Waals surface area contributed by atoms with Crippen LogP contribution in [0.15, 0.2) is 18.5 Å². The Bertz CT molecular complexity index is 352. The average molecular weight is 210 g/mol. The number of nitrogens with zero attached hydrogens (tertiary/aromatic N) is 2. The lowest BCUT2D eigenvalue weighted by Crippen LogP contribution is -2.37. The smallest absolute Gasteiger partial charge is 0.257 e. The Hall–Kier alpha value is -1.45. The first-order valence-corrected chi connectivity index (χ1v) is 4.98. The molecule has 0 unspecified atom stereocenters. The van der Waals surface area contributed by atoms with E-state index in [9.17, 15) is 9.18 Å². The zero-order valence-corrected chi connectivity index (χ0v) is 9.20.